The molecule has 4 nitrogen and oxygen atoms in total. The Morgan fingerprint density at radius 3 is 2.59 bits per heavy atom. The number of benzene rings is 1. The van der Waals surface area contributed by atoms with Crippen LogP contribution in [0.5, 0.6) is 11.5 Å². The molecule has 0 unspecified atom stereocenters. The lowest BCUT2D eigenvalue weighted by Crippen LogP contribution is -2.13. The summed E-state index contributed by atoms with van der Waals surface area (Å²) in [6.45, 7) is 0.233. The first-order chi connectivity index (χ1) is 8.11. The van der Waals surface area contributed by atoms with Crippen LogP contribution in [0, 0.1) is 0 Å². The van der Waals surface area contributed by atoms with Gasteiger partial charge in [0.2, 0.25) is 6.79 Å². The van der Waals surface area contributed by atoms with Crippen molar-refractivity contribution in [2.75, 3.05) is 6.79 Å². The number of carbonyl (C=O) groups is 1. The van der Waals surface area contributed by atoms with Crippen molar-refractivity contribution in [3.05, 3.63) is 22.2 Å². The summed E-state index contributed by atoms with van der Waals surface area (Å²) in [7, 11) is 0. The van der Waals surface area contributed by atoms with Gasteiger partial charge in [0.25, 0.3) is 0 Å². The first-order valence-corrected chi connectivity index (χ1v) is 6.21. The van der Waals surface area contributed by atoms with Gasteiger partial charge in [0.15, 0.2) is 11.5 Å². The SMILES string of the molecule is O=C(O)CC1(c2cc3c(cc2Br)OCO3)CC1. The Kier molecular flexibility index (Phi) is 2.33. The molecule has 1 aliphatic carbocycles. The second-order valence-corrected chi connectivity index (χ2v) is 5.39. The molecular formula is C12H11BrO4. The van der Waals surface area contributed by atoms with E-state index in [0.717, 1.165) is 22.9 Å². The van der Waals surface area contributed by atoms with Crippen LogP contribution in [0.2, 0.25) is 0 Å². The van der Waals surface area contributed by atoms with Crippen LogP contribution in [0.3, 0.4) is 0 Å². The Labute approximate surface area is 107 Å². The highest BCUT2D eigenvalue weighted by atomic mass is 79.9. The van der Waals surface area contributed by atoms with Crippen LogP contribution in [0.25, 0.3) is 0 Å². The van der Waals surface area contributed by atoms with E-state index >= 15 is 0 Å². The number of hydrogen-bond donors (Lipinski definition) is 1. The number of halogens is 1. The Morgan fingerprint density at radius 2 is 2.00 bits per heavy atom. The molecule has 1 aromatic carbocycles. The fraction of sp³-hybridized carbons (Fsp3) is 0.417. The zero-order chi connectivity index (χ0) is 12.0. The van der Waals surface area contributed by atoms with Gasteiger partial charge >= 0.3 is 5.97 Å². The first-order valence-electron chi connectivity index (χ1n) is 5.42. The molecule has 1 saturated carbocycles. The third-order valence-electron chi connectivity index (χ3n) is 3.38. The second-order valence-electron chi connectivity index (χ2n) is 4.54. The van der Waals surface area contributed by atoms with Crippen LogP contribution in [-0.2, 0) is 10.2 Å². The van der Waals surface area contributed by atoms with Gasteiger partial charge in [-0.3, -0.25) is 4.79 Å². The molecule has 90 valence electrons. The average Bonchev–Trinajstić information content (AvgIpc) is 2.87. The van der Waals surface area contributed by atoms with Crippen molar-refractivity contribution in [2.45, 2.75) is 24.7 Å². The molecule has 3 rings (SSSR count). The van der Waals surface area contributed by atoms with Crippen molar-refractivity contribution in [3.8, 4) is 11.5 Å². The number of carboxylic acid groups (broad SMARTS) is 1. The van der Waals surface area contributed by atoms with Gasteiger partial charge in [0.1, 0.15) is 0 Å². The summed E-state index contributed by atoms with van der Waals surface area (Å²) in [6.07, 6.45) is 2.00. The van der Waals surface area contributed by atoms with E-state index in [1.165, 1.54) is 0 Å². The van der Waals surface area contributed by atoms with Gasteiger partial charge in [0, 0.05) is 9.89 Å². The summed E-state index contributed by atoms with van der Waals surface area (Å²) in [5, 5.41) is 8.96. The van der Waals surface area contributed by atoms with Gasteiger partial charge in [-0.15, -0.1) is 0 Å². The molecule has 0 bridgehead atoms. The minimum atomic E-state index is -0.757. The minimum absolute atomic E-state index is 0.172. The van der Waals surface area contributed by atoms with Crippen LogP contribution in [0.1, 0.15) is 24.8 Å². The average molecular weight is 299 g/mol. The monoisotopic (exact) mass is 298 g/mol. The fourth-order valence-electron chi connectivity index (χ4n) is 2.31. The van der Waals surface area contributed by atoms with Gasteiger partial charge < -0.3 is 14.6 Å². The molecule has 17 heavy (non-hydrogen) atoms. The Hall–Kier alpha value is -1.23. The molecule has 0 amide bonds. The lowest BCUT2D eigenvalue weighted by atomic mass is 9.92. The number of aliphatic carboxylic acids is 1. The van der Waals surface area contributed by atoms with Crippen molar-refractivity contribution < 1.29 is 19.4 Å². The molecule has 5 heteroatoms. The van der Waals surface area contributed by atoms with E-state index in [9.17, 15) is 4.79 Å². The van der Waals surface area contributed by atoms with Crippen LogP contribution < -0.4 is 9.47 Å². The maximum Gasteiger partial charge on any atom is 0.304 e. The van der Waals surface area contributed by atoms with E-state index in [0.29, 0.717) is 11.5 Å². The standard InChI is InChI=1S/C12H11BrO4/c13-8-4-10-9(16-6-17-10)3-7(8)12(1-2-12)5-11(14)15/h3-4H,1-2,5-6H2,(H,14,15). The zero-order valence-electron chi connectivity index (χ0n) is 9.03. The molecule has 1 fully saturated rings. The highest BCUT2D eigenvalue weighted by Gasteiger charge is 2.47. The molecule has 0 spiro atoms. The van der Waals surface area contributed by atoms with E-state index in [4.69, 9.17) is 14.6 Å². The lowest BCUT2D eigenvalue weighted by molar-refractivity contribution is -0.137. The van der Waals surface area contributed by atoms with Crippen molar-refractivity contribution >= 4 is 21.9 Å². The third kappa shape index (κ3) is 1.78. The van der Waals surface area contributed by atoms with E-state index in [1.807, 2.05) is 12.1 Å². The number of fused-ring (bicyclic) bond motifs is 1. The molecule has 2 aliphatic rings. The molecule has 0 radical (unpaired) electrons. The van der Waals surface area contributed by atoms with Crippen LogP contribution in [0.15, 0.2) is 16.6 Å². The molecule has 1 N–H and O–H groups in total. The maximum absolute atomic E-state index is 10.9. The van der Waals surface area contributed by atoms with Gasteiger partial charge in [-0.1, -0.05) is 15.9 Å². The van der Waals surface area contributed by atoms with Gasteiger partial charge in [-0.2, -0.15) is 0 Å². The summed E-state index contributed by atoms with van der Waals surface area (Å²) < 4.78 is 11.5. The number of hydrogen-bond acceptors (Lipinski definition) is 3. The summed E-state index contributed by atoms with van der Waals surface area (Å²) >= 11 is 3.49. The van der Waals surface area contributed by atoms with Crippen molar-refractivity contribution in [3.63, 3.8) is 0 Å². The maximum atomic E-state index is 10.9. The highest BCUT2D eigenvalue weighted by molar-refractivity contribution is 9.10. The summed E-state index contributed by atoms with van der Waals surface area (Å²) in [6, 6.07) is 3.77. The number of rotatable bonds is 3. The lowest BCUT2D eigenvalue weighted by Gasteiger charge is -2.15. The zero-order valence-corrected chi connectivity index (χ0v) is 10.6. The quantitative estimate of drug-likeness (QED) is 0.932. The van der Waals surface area contributed by atoms with E-state index in [1.54, 1.807) is 0 Å². The number of ether oxygens (including phenoxy) is 2. The predicted molar refractivity (Wildman–Crippen MR) is 63.4 cm³/mol. The summed E-state index contributed by atoms with van der Waals surface area (Å²) in [5.74, 6) is 0.665. The normalized spacial score (nSPS) is 19.1. The smallest absolute Gasteiger partial charge is 0.304 e. The highest BCUT2D eigenvalue weighted by Crippen LogP contribution is 2.55. The summed E-state index contributed by atoms with van der Waals surface area (Å²) in [4.78, 5) is 10.9. The molecule has 0 aromatic heterocycles. The topological polar surface area (TPSA) is 55.8 Å². The van der Waals surface area contributed by atoms with E-state index in [-0.39, 0.29) is 18.6 Å². The van der Waals surface area contributed by atoms with Crippen LogP contribution >= 0.6 is 15.9 Å². The van der Waals surface area contributed by atoms with Crippen molar-refractivity contribution in [1.29, 1.82) is 0 Å². The number of carboxylic acids is 1. The van der Waals surface area contributed by atoms with Crippen LogP contribution in [0.4, 0.5) is 0 Å². The Morgan fingerprint density at radius 1 is 1.35 bits per heavy atom. The third-order valence-corrected chi connectivity index (χ3v) is 4.03. The Bertz CT molecular complexity index is 494. The van der Waals surface area contributed by atoms with Crippen molar-refractivity contribution in [2.24, 2.45) is 0 Å². The fourth-order valence-corrected chi connectivity index (χ4v) is 3.05. The largest absolute Gasteiger partial charge is 0.481 e. The second kappa shape index (κ2) is 3.63. The van der Waals surface area contributed by atoms with E-state index < -0.39 is 5.97 Å². The molecule has 1 aliphatic heterocycles. The first kappa shape index (κ1) is 10.9. The van der Waals surface area contributed by atoms with Crippen molar-refractivity contribution in [1.82, 2.24) is 0 Å². The molecule has 1 heterocycles. The molecule has 0 atom stereocenters. The van der Waals surface area contributed by atoms with Crippen LogP contribution in [-0.4, -0.2) is 17.9 Å². The molecule has 1 aromatic rings. The Balaban J connectivity index is 2.01. The predicted octanol–water partition coefficient (Wildman–Crippen LogP) is 2.68. The molecular weight excluding hydrogens is 288 g/mol. The van der Waals surface area contributed by atoms with Gasteiger partial charge in [-0.25, -0.2) is 0 Å². The summed E-state index contributed by atoms with van der Waals surface area (Å²) in [5.41, 5.74) is 0.801. The van der Waals surface area contributed by atoms with Gasteiger partial charge in [-0.05, 0) is 30.5 Å². The minimum Gasteiger partial charge on any atom is -0.481 e. The molecule has 0 saturated heterocycles. The van der Waals surface area contributed by atoms with E-state index in [2.05, 4.69) is 15.9 Å². The van der Waals surface area contributed by atoms with Gasteiger partial charge in [0.05, 0.1) is 6.42 Å².